The predicted octanol–water partition coefficient (Wildman–Crippen LogP) is 5.23. The van der Waals surface area contributed by atoms with E-state index in [0.717, 1.165) is 21.0 Å². The summed E-state index contributed by atoms with van der Waals surface area (Å²) in [7, 11) is -2.56. The molecule has 3 aromatic rings. The van der Waals surface area contributed by atoms with Crippen LogP contribution < -0.4 is 14.4 Å². The Morgan fingerprint density at radius 1 is 0.927 bits per heavy atom. The third-order valence-electron chi connectivity index (χ3n) is 6.48. The Hall–Kier alpha value is -3.85. The van der Waals surface area contributed by atoms with Crippen molar-refractivity contribution in [2.75, 3.05) is 18.0 Å². The van der Waals surface area contributed by atoms with Crippen LogP contribution in [0.5, 0.6) is 5.75 Å². The molecule has 0 saturated heterocycles. The first-order chi connectivity index (χ1) is 19.2. The molecule has 0 unspecified atom stereocenters. The summed E-state index contributed by atoms with van der Waals surface area (Å²) in [5.41, 5.74) is 2.35. The lowest BCUT2D eigenvalue weighted by Crippen LogP contribution is -2.55. The molecule has 0 aromatic heterocycles. The lowest BCUT2D eigenvalue weighted by atomic mass is 10.1. The van der Waals surface area contributed by atoms with Gasteiger partial charge in [-0.25, -0.2) is 8.42 Å². The van der Waals surface area contributed by atoms with E-state index in [-0.39, 0.29) is 17.3 Å². The summed E-state index contributed by atoms with van der Waals surface area (Å²) in [5, 5.41) is 2.98. The molecule has 0 aliphatic heterocycles. The lowest BCUT2D eigenvalue weighted by molar-refractivity contribution is -0.141. The van der Waals surface area contributed by atoms with Crippen LogP contribution >= 0.6 is 0 Å². The van der Waals surface area contributed by atoms with Gasteiger partial charge in [-0.2, -0.15) is 0 Å². The SMILES string of the molecule is CC[C@@H](C(=O)NC(C)(C)C)N(Cc1cccc(OC)c1)C(=O)CN(c1cc(C)cc(C)c1)S(=O)(=O)c1ccccc1. The first kappa shape index (κ1) is 31.7. The molecule has 0 heterocycles. The fourth-order valence-corrected chi connectivity index (χ4v) is 6.10. The molecule has 0 radical (unpaired) electrons. The van der Waals surface area contributed by atoms with Gasteiger partial charge in [-0.1, -0.05) is 43.3 Å². The fraction of sp³-hybridized carbons (Fsp3) is 0.375. The van der Waals surface area contributed by atoms with Crippen LogP contribution in [0.15, 0.2) is 77.7 Å². The van der Waals surface area contributed by atoms with Crippen LogP contribution in [0.1, 0.15) is 50.8 Å². The third-order valence-corrected chi connectivity index (χ3v) is 8.26. The van der Waals surface area contributed by atoms with E-state index in [1.54, 1.807) is 49.6 Å². The van der Waals surface area contributed by atoms with Crippen molar-refractivity contribution in [3.05, 3.63) is 89.5 Å². The number of methoxy groups -OCH3 is 1. The number of amides is 2. The summed E-state index contributed by atoms with van der Waals surface area (Å²) in [5.74, 6) is -0.187. The van der Waals surface area contributed by atoms with Gasteiger partial charge in [0, 0.05) is 12.1 Å². The second kappa shape index (κ2) is 13.2. The minimum absolute atomic E-state index is 0.0730. The highest BCUT2D eigenvalue weighted by atomic mass is 32.2. The number of nitrogens with zero attached hydrogens (tertiary/aromatic N) is 2. The fourth-order valence-electron chi connectivity index (χ4n) is 4.68. The van der Waals surface area contributed by atoms with Crippen LogP contribution in [0.3, 0.4) is 0 Å². The molecule has 0 fully saturated rings. The Balaban J connectivity index is 2.10. The summed E-state index contributed by atoms with van der Waals surface area (Å²) < 4.78 is 34.5. The second-order valence-electron chi connectivity index (χ2n) is 11.2. The van der Waals surface area contributed by atoms with Gasteiger partial charge in [0.15, 0.2) is 0 Å². The van der Waals surface area contributed by atoms with Crippen molar-refractivity contribution in [1.82, 2.24) is 10.2 Å². The van der Waals surface area contributed by atoms with Gasteiger partial charge in [-0.3, -0.25) is 13.9 Å². The summed E-state index contributed by atoms with van der Waals surface area (Å²) in [6, 6.07) is 19.9. The molecule has 3 rings (SSSR count). The molecular formula is C32H41N3O5S. The van der Waals surface area contributed by atoms with Crippen molar-refractivity contribution in [1.29, 1.82) is 0 Å². The van der Waals surface area contributed by atoms with Crippen molar-refractivity contribution in [3.8, 4) is 5.75 Å². The maximum absolute atomic E-state index is 14.2. The number of benzene rings is 3. The molecule has 9 heteroatoms. The van der Waals surface area contributed by atoms with Crippen LogP contribution in [0.2, 0.25) is 0 Å². The topological polar surface area (TPSA) is 96.0 Å². The van der Waals surface area contributed by atoms with Gasteiger partial charge in [0.25, 0.3) is 10.0 Å². The number of hydrogen-bond donors (Lipinski definition) is 1. The zero-order valence-corrected chi connectivity index (χ0v) is 25.8. The highest BCUT2D eigenvalue weighted by Gasteiger charge is 2.34. The van der Waals surface area contributed by atoms with Gasteiger partial charge in [-0.15, -0.1) is 0 Å². The van der Waals surface area contributed by atoms with Crippen LogP contribution in [-0.4, -0.2) is 50.4 Å². The van der Waals surface area contributed by atoms with E-state index < -0.39 is 34.1 Å². The summed E-state index contributed by atoms with van der Waals surface area (Å²) in [6.07, 6.45) is 0.340. The first-order valence-electron chi connectivity index (χ1n) is 13.7. The highest BCUT2D eigenvalue weighted by molar-refractivity contribution is 7.92. The molecular weight excluding hydrogens is 538 g/mol. The maximum atomic E-state index is 14.2. The van der Waals surface area contributed by atoms with Crippen LogP contribution in [0, 0.1) is 13.8 Å². The normalized spacial score (nSPS) is 12.4. The molecule has 0 spiro atoms. The van der Waals surface area contributed by atoms with Crippen molar-refractivity contribution < 1.29 is 22.7 Å². The van der Waals surface area contributed by atoms with Gasteiger partial charge in [0.05, 0.1) is 17.7 Å². The molecule has 220 valence electrons. The zero-order chi connectivity index (χ0) is 30.4. The average molecular weight is 580 g/mol. The average Bonchev–Trinajstić information content (AvgIpc) is 2.90. The summed E-state index contributed by atoms with van der Waals surface area (Å²) in [6.45, 7) is 10.8. The summed E-state index contributed by atoms with van der Waals surface area (Å²) in [4.78, 5) is 29.2. The Bertz CT molecular complexity index is 1450. The van der Waals surface area contributed by atoms with Gasteiger partial charge < -0.3 is 15.0 Å². The smallest absolute Gasteiger partial charge is 0.264 e. The van der Waals surface area contributed by atoms with E-state index in [0.29, 0.717) is 17.9 Å². The number of carbonyl (C=O) groups excluding carboxylic acids is 2. The van der Waals surface area contributed by atoms with Crippen LogP contribution in [0.4, 0.5) is 5.69 Å². The first-order valence-corrected chi connectivity index (χ1v) is 15.1. The van der Waals surface area contributed by atoms with Gasteiger partial charge in [-0.05, 0) is 94.1 Å². The number of sulfonamides is 1. The van der Waals surface area contributed by atoms with E-state index in [1.165, 1.54) is 17.0 Å². The van der Waals surface area contributed by atoms with Crippen LogP contribution in [-0.2, 0) is 26.2 Å². The van der Waals surface area contributed by atoms with Gasteiger partial charge >= 0.3 is 0 Å². The number of anilines is 1. The van der Waals surface area contributed by atoms with Crippen molar-refractivity contribution in [2.24, 2.45) is 0 Å². The number of aryl methyl sites for hydroxylation is 2. The maximum Gasteiger partial charge on any atom is 0.264 e. The largest absolute Gasteiger partial charge is 0.497 e. The van der Waals surface area contributed by atoms with Gasteiger partial charge in [0.1, 0.15) is 18.3 Å². The number of nitrogens with one attached hydrogen (secondary N) is 1. The molecule has 8 nitrogen and oxygen atoms in total. The second-order valence-corrected chi connectivity index (χ2v) is 13.1. The van der Waals surface area contributed by atoms with E-state index in [9.17, 15) is 18.0 Å². The highest BCUT2D eigenvalue weighted by Crippen LogP contribution is 2.27. The van der Waals surface area contributed by atoms with E-state index in [2.05, 4.69) is 5.32 Å². The Labute approximate surface area is 244 Å². The van der Waals surface area contributed by atoms with Crippen LogP contribution in [0.25, 0.3) is 0 Å². The standard InChI is InChI=1S/C32H41N3O5S/c1-8-29(31(37)33-32(4,5)6)34(21-25-13-12-14-27(20-25)40-7)30(36)22-35(26-18-23(2)17-24(3)19-26)41(38,39)28-15-10-9-11-16-28/h9-20,29H,8,21-22H2,1-7H3,(H,33,37)/t29-/m0/s1. The molecule has 3 aromatic carbocycles. The molecule has 1 N–H and O–H groups in total. The molecule has 0 aliphatic rings. The molecule has 2 amide bonds. The predicted molar refractivity (Wildman–Crippen MR) is 162 cm³/mol. The van der Waals surface area contributed by atoms with E-state index in [1.807, 2.05) is 59.7 Å². The number of carbonyl (C=O) groups is 2. The number of ether oxygens (including phenoxy) is 1. The van der Waals surface area contributed by atoms with Crippen molar-refractivity contribution >= 4 is 27.5 Å². The quantitative estimate of drug-likeness (QED) is 0.336. The number of rotatable bonds is 11. The zero-order valence-electron chi connectivity index (χ0n) is 25.0. The van der Waals surface area contributed by atoms with Crippen molar-refractivity contribution in [3.63, 3.8) is 0 Å². The molecule has 0 saturated carbocycles. The Morgan fingerprint density at radius 2 is 1.56 bits per heavy atom. The Morgan fingerprint density at radius 3 is 2.12 bits per heavy atom. The van der Waals surface area contributed by atoms with E-state index >= 15 is 0 Å². The van der Waals surface area contributed by atoms with Gasteiger partial charge in [0.2, 0.25) is 11.8 Å². The van der Waals surface area contributed by atoms with E-state index in [4.69, 9.17) is 4.74 Å². The Kier molecular flexibility index (Phi) is 10.2. The minimum atomic E-state index is -4.12. The third kappa shape index (κ3) is 8.33. The molecule has 0 aliphatic carbocycles. The number of hydrogen-bond acceptors (Lipinski definition) is 5. The molecule has 0 bridgehead atoms. The summed E-state index contributed by atoms with van der Waals surface area (Å²) >= 11 is 0. The minimum Gasteiger partial charge on any atom is -0.497 e. The monoisotopic (exact) mass is 579 g/mol. The molecule has 1 atom stereocenters. The molecule has 41 heavy (non-hydrogen) atoms. The lowest BCUT2D eigenvalue weighted by Gasteiger charge is -2.35. The van der Waals surface area contributed by atoms with Crippen molar-refractivity contribution in [2.45, 2.75) is 71.0 Å².